The zero-order valence-electron chi connectivity index (χ0n) is 37.4. The Morgan fingerprint density at radius 2 is 1.74 bits per heavy atom. The largest absolute Gasteiger partial charge is 0.479 e. The van der Waals surface area contributed by atoms with E-state index in [1.807, 2.05) is 50.2 Å². The van der Waals surface area contributed by atoms with Crippen LogP contribution in [0.1, 0.15) is 89.6 Å². The lowest BCUT2D eigenvalue weighted by molar-refractivity contribution is -0.139. The number of pyridine rings is 1. The number of anilines is 3. The Morgan fingerprint density at radius 1 is 0.957 bits per heavy atom. The maximum Gasteiger partial charge on any atom is 0.349 e. The number of nitrogens with one attached hydrogen (secondary N) is 2. The molecule has 3 aromatic heterocycles. The molecule has 0 radical (unpaired) electrons. The fourth-order valence-electron chi connectivity index (χ4n) is 10.3. The number of aliphatic carboxylic acids is 1. The third-order valence-corrected chi connectivity index (χ3v) is 18.2. The number of hydrogen-bond donors (Lipinski definition) is 4. The minimum atomic E-state index is -3.81. The highest BCUT2D eigenvalue weighted by molar-refractivity contribution is 7.88. The number of carbonyl (C=O) groups is 5. The third kappa shape index (κ3) is 8.77. The van der Waals surface area contributed by atoms with E-state index in [4.69, 9.17) is 31.4 Å². The zero-order valence-corrected chi connectivity index (χ0v) is 40.6. The van der Waals surface area contributed by atoms with Crippen molar-refractivity contribution >= 4 is 112 Å². The first kappa shape index (κ1) is 46.5. The number of amides is 3. The minimum Gasteiger partial charge on any atom is -0.479 e. The summed E-state index contributed by atoms with van der Waals surface area (Å²) in [7, 11) is -3.81. The third-order valence-electron chi connectivity index (χ3n) is 13.4. The number of piperidine rings is 3. The number of thiophene rings is 1. The van der Waals surface area contributed by atoms with Gasteiger partial charge in [-0.25, -0.2) is 23.0 Å². The fourth-order valence-corrected chi connectivity index (χ4v) is 14.6. The Bertz CT molecular complexity index is 3240. The molecule has 3 saturated heterocycles. The van der Waals surface area contributed by atoms with Crippen molar-refractivity contribution in [1.29, 1.82) is 0 Å². The molecular formula is C48H46ClN7O10S3. The summed E-state index contributed by atoms with van der Waals surface area (Å²) in [6.07, 6.45) is 3.17. The normalized spacial score (nSPS) is 19.9. The Kier molecular flexibility index (Phi) is 12.1. The van der Waals surface area contributed by atoms with Gasteiger partial charge in [-0.05, 0) is 105 Å². The molecule has 2 unspecified atom stereocenters. The van der Waals surface area contributed by atoms with Crippen molar-refractivity contribution in [3.63, 3.8) is 0 Å². The standard InChI is InChI=1S/C48H46ClN7O10S3/c1-48(2)22-28(50-27-6-3-5-26(21-27)41-39(49)40(66-23-37(58)59)42(68-41)46(62)63)17-20-55(48)69(64,65)24-29-9-13-35-43(51-29)53-47(67-35)54-18-15-25(16-19-54)30-10-11-33-38-31(30)7-4-8-32(38)45(61)56(33)34-12-14-36(57)52-44(34)60/h3-11,13,21,25,28,34,50H,12,14-20,22-24H2,1-2H3,(H,58,59)(H,62,63)(H,52,57,60). The van der Waals surface area contributed by atoms with Crippen LogP contribution < -0.4 is 25.2 Å². The van der Waals surface area contributed by atoms with E-state index < -0.39 is 46.1 Å². The first-order chi connectivity index (χ1) is 33.0. The van der Waals surface area contributed by atoms with Crippen molar-refractivity contribution < 1.29 is 47.3 Å². The number of halogens is 1. The monoisotopic (exact) mass is 1010 g/mol. The van der Waals surface area contributed by atoms with Gasteiger partial charge in [-0.2, -0.15) is 9.29 Å². The van der Waals surface area contributed by atoms with Gasteiger partial charge in [0.25, 0.3) is 5.91 Å². The van der Waals surface area contributed by atoms with E-state index in [0.717, 1.165) is 69.1 Å². The number of rotatable bonds is 13. The molecule has 69 heavy (non-hydrogen) atoms. The van der Waals surface area contributed by atoms with Crippen LogP contribution in [0, 0.1) is 0 Å². The maximum absolute atomic E-state index is 14.1. The molecule has 0 spiro atoms. The van der Waals surface area contributed by atoms with Gasteiger partial charge >= 0.3 is 11.9 Å². The first-order valence-corrected chi connectivity index (χ1v) is 26.1. The topological polar surface area (TPSA) is 229 Å². The summed E-state index contributed by atoms with van der Waals surface area (Å²) in [5.74, 6) is -3.82. The van der Waals surface area contributed by atoms with Gasteiger partial charge in [0.2, 0.25) is 21.8 Å². The number of fused-ring (bicyclic) bond motifs is 1. The summed E-state index contributed by atoms with van der Waals surface area (Å²) in [5.41, 5.74) is 3.90. The van der Waals surface area contributed by atoms with Crippen LogP contribution in [-0.4, -0.2) is 106 Å². The van der Waals surface area contributed by atoms with Crippen LogP contribution in [0.4, 0.5) is 16.5 Å². The highest BCUT2D eigenvalue weighted by atomic mass is 35.5. The van der Waals surface area contributed by atoms with Crippen molar-refractivity contribution in [1.82, 2.24) is 19.6 Å². The average molecular weight is 1010 g/mol. The number of hydrogen-bond acceptors (Lipinski definition) is 14. The number of carbonyl (C=O) groups excluding carboxylic acids is 3. The van der Waals surface area contributed by atoms with Crippen LogP contribution in [0.3, 0.4) is 0 Å². The van der Waals surface area contributed by atoms with Gasteiger partial charge in [0.15, 0.2) is 28.0 Å². The van der Waals surface area contributed by atoms with Gasteiger partial charge in [-0.3, -0.25) is 24.6 Å². The first-order valence-electron chi connectivity index (χ1n) is 22.5. The molecule has 0 bridgehead atoms. The molecule has 4 aliphatic heterocycles. The van der Waals surface area contributed by atoms with Gasteiger partial charge in [0, 0.05) is 54.3 Å². The summed E-state index contributed by atoms with van der Waals surface area (Å²) in [5, 5.41) is 27.4. The number of aromatic carboxylic acids is 1. The molecule has 3 amide bonds. The van der Waals surface area contributed by atoms with E-state index >= 15 is 0 Å². The number of benzene rings is 3. The van der Waals surface area contributed by atoms with Gasteiger partial charge in [0.1, 0.15) is 16.8 Å². The molecule has 358 valence electrons. The number of imide groups is 1. The second kappa shape index (κ2) is 18.0. The quantitative estimate of drug-likeness (QED) is 0.0813. The minimum absolute atomic E-state index is 0.00673. The highest BCUT2D eigenvalue weighted by Crippen LogP contribution is 2.47. The Labute approximate surface area is 409 Å². The molecule has 4 N–H and O–H groups in total. The summed E-state index contributed by atoms with van der Waals surface area (Å²) < 4.78 is 35.9. The molecule has 0 saturated carbocycles. The van der Waals surface area contributed by atoms with E-state index in [9.17, 15) is 37.5 Å². The van der Waals surface area contributed by atoms with E-state index in [-0.39, 0.29) is 64.6 Å². The molecule has 21 heteroatoms. The number of sulfonamides is 1. The lowest BCUT2D eigenvalue weighted by atomic mass is 9.85. The molecule has 17 nitrogen and oxygen atoms in total. The molecule has 3 fully saturated rings. The van der Waals surface area contributed by atoms with E-state index in [1.165, 1.54) is 11.3 Å². The van der Waals surface area contributed by atoms with Crippen molar-refractivity contribution in [2.24, 2.45) is 0 Å². The summed E-state index contributed by atoms with van der Waals surface area (Å²) >= 11 is 8.95. The number of thiazole rings is 1. The van der Waals surface area contributed by atoms with Crippen molar-refractivity contribution in [3.8, 4) is 16.2 Å². The molecule has 6 aromatic rings. The van der Waals surface area contributed by atoms with Crippen LogP contribution in [0.2, 0.25) is 5.02 Å². The number of aromatic nitrogens is 2. The van der Waals surface area contributed by atoms with Gasteiger partial charge in [-0.15, -0.1) is 11.3 Å². The number of nitrogens with zero attached hydrogens (tertiary/aromatic N) is 5. The zero-order chi connectivity index (χ0) is 48.5. The summed E-state index contributed by atoms with van der Waals surface area (Å²) in [4.78, 5) is 75.0. The van der Waals surface area contributed by atoms with Gasteiger partial charge in [0.05, 0.1) is 21.0 Å². The van der Waals surface area contributed by atoms with E-state index in [2.05, 4.69) is 21.6 Å². The molecule has 2 atom stereocenters. The molecule has 7 heterocycles. The average Bonchev–Trinajstić information content (AvgIpc) is 3.97. The molecular weight excluding hydrogens is 966 g/mol. The fraction of sp³-hybridized carbons (Fsp3) is 0.354. The second-order valence-electron chi connectivity index (χ2n) is 18.4. The SMILES string of the molecule is CC1(C)CC(Nc2cccc(-c3sc(C(=O)O)c(OCC(=O)O)c3Cl)c2)CCN1S(=O)(=O)Cc1ccc2sc(N3CCC(c4ccc5c6c(cccc46)C(=O)N5C4CCC(=O)NC4=O)CC3)nc2n1. The highest BCUT2D eigenvalue weighted by Gasteiger charge is 2.43. The molecule has 0 aliphatic carbocycles. The van der Waals surface area contributed by atoms with Crippen molar-refractivity contribution in [2.75, 3.05) is 41.4 Å². The lowest BCUT2D eigenvalue weighted by Crippen LogP contribution is -2.55. The van der Waals surface area contributed by atoms with Crippen molar-refractivity contribution in [3.05, 3.63) is 93.5 Å². The van der Waals surface area contributed by atoms with Crippen LogP contribution in [0.25, 0.3) is 31.6 Å². The molecule has 3 aromatic carbocycles. The smallest absolute Gasteiger partial charge is 0.349 e. The van der Waals surface area contributed by atoms with E-state index in [0.29, 0.717) is 45.9 Å². The van der Waals surface area contributed by atoms with Gasteiger partial charge in [-0.1, -0.05) is 53.3 Å². The number of ether oxygens (including phenoxy) is 1. The predicted octanol–water partition coefficient (Wildman–Crippen LogP) is 7.72. The molecule has 10 rings (SSSR count). The van der Waals surface area contributed by atoms with Gasteiger partial charge < -0.3 is 25.2 Å². The van der Waals surface area contributed by atoms with Crippen LogP contribution in [-0.2, 0) is 30.2 Å². The Balaban J connectivity index is 0.778. The van der Waals surface area contributed by atoms with Crippen LogP contribution >= 0.6 is 34.3 Å². The maximum atomic E-state index is 14.1. The number of carboxylic acids is 2. The Hall–Kier alpha value is -6.19. The Morgan fingerprint density at radius 3 is 2.48 bits per heavy atom. The number of carboxylic acid groups (broad SMARTS) is 2. The molecule has 4 aliphatic rings. The van der Waals surface area contributed by atoms with E-state index in [1.54, 1.807) is 33.5 Å². The summed E-state index contributed by atoms with van der Waals surface area (Å²) in [6.45, 7) is 4.82. The second-order valence-corrected chi connectivity index (χ2v) is 22.7. The lowest BCUT2D eigenvalue weighted by Gasteiger charge is -2.44. The van der Waals surface area contributed by atoms with Crippen LogP contribution in [0.5, 0.6) is 5.75 Å². The predicted molar refractivity (Wildman–Crippen MR) is 263 cm³/mol. The summed E-state index contributed by atoms with van der Waals surface area (Å²) in [6, 6.07) is 19.8. The van der Waals surface area contributed by atoms with Crippen molar-refractivity contribution in [2.45, 2.75) is 81.7 Å². The van der Waals surface area contributed by atoms with Crippen LogP contribution in [0.15, 0.2) is 66.7 Å².